The topological polar surface area (TPSA) is 52.3 Å². The fourth-order valence-corrected chi connectivity index (χ4v) is 3.77. The quantitative estimate of drug-likeness (QED) is 0.630. The number of aromatic nitrogens is 3. The number of para-hydroxylation sites is 1. The minimum absolute atomic E-state index is 0.110. The van der Waals surface area contributed by atoms with Gasteiger partial charge in [0.25, 0.3) is 0 Å². The lowest BCUT2D eigenvalue weighted by Gasteiger charge is -2.26. The van der Waals surface area contributed by atoms with E-state index in [1.165, 1.54) is 10.9 Å². The first-order chi connectivity index (χ1) is 13.1. The summed E-state index contributed by atoms with van der Waals surface area (Å²) in [6.07, 6.45) is 3.49. The Kier molecular flexibility index (Phi) is 5.09. The molecule has 1 aromatic carbocycles. The maximum atomic E-state index is 12.6. The average Bonchev–Trinajstić information content (AvgIpc) is 3.23. The van der Waals surface area contributed by atoms with Crippen molar-refractivity contribution in [2.75, 3.05) is 32.8 Å². The lowest BCUT2D eigenvalue weighted by atomic mass is 10.1. The summed E-state index contributed by atoms with van der Waals surface area (Å²) < 4.78 is 9.27. The molecule has 0 amide bonds. The van der Waals surface area contributed by atoms with Gasteiger partial charge < -0.3 is 9.30 Å². The highest BCUT2D eigenvalue weighted by Crippen LogP contribution is 2.24. The van der Waals surface area contributed by atoms with E-state index in [0.29, 0.717) is 12.1 Å². The van der Waals surface area contributed by atoms with Crippen LogP contribution in [-0.2, 0) is 11.8 Å². The monoisotopic (exact) mass is 366 g/mol. The van der Waals surface area contributed by atoms with Crippen molar-refractivity contribution in [3.05, 3.63) is 47.8 Å². The van der Waals surface area contributed by atoms with Crippen LogP contribution in [0.1, 0.15) is 28.9 Å². The van der Waals surface area contributed by atoms with Crippen molar-refractivity contribution in [3.63, 3.8) is 0 Å². The second kappa shape index (κ2) is 7.66. The van der Waals surface area contributed by atoms with Gasteiger partial charge in [-0.2, -0.15) is 5.10 Å². The summed E-state index contributed by atoms with van der Waals surface area (Å²) in [6.45, 7) is 6.55. The van der Waals surface area contributed by atoms with E-state index in [4.69, 9.17) is 4.74 Å². The smallest absolute Gasteiger partial charge is 0.183 e. The minimum atomic E-state index is 0.110. The Morgan fingerprint density at radius 2 is 2.00 bits per heavy atom. The molecule has 2 aromatic heterocycles. The zero-order valence-corrected chi connectivity index (χ0v) is 16.0. The van der Waals surface area contributed by atoms with Crippen molar-refractivity contribution in [3.8, 4) is 5.82 Å². The number of hydrogen-bond donors (Lipinski definition) is 0. The number of nitrogens with zero attached hydrogens (tertiary/aromatic N) is 4. The van der Waals surface area contributed by atoms with E-state index in [1.807, 2.05) is 25.2 Å². The third-order valence-electron chi connectivity index (χ3n) is 5.28. The molecular formula is C21H26N4O2. The maximum Gasteiger partial charge on any atom is 0.183 e. The maximum absolute atomic E-state index is 12.6. The molecule has 0 aliphatic carbocycles. The van der Waals surface area contributed by atoms with Gasteiger partial charge in [-0.3, -0.25) is 14.4 Å². The van der Waals surface area contributed by atoms with Gasteiger partial charge in [0, 0.05) is 44.2 Å². The second-order valence-electron chi connectivity index (χ2n) is 7.19. The van der Waals surface area contributed by atoms with Gasteiger partial charge in [-0.15, -0.1) is 0 Å². The molecule has 0 bridgehead atoms. The Hall–Kier alpha value is -2.44. The molecule has 1 aliphatic heterocycles. The highest BCUT2D eigenvalue weighted by atomic mass is 16.5. The van der Waals surface area contributed by atoms with Gasteiger partial charge in [-0.1, -0.05) is 18.2 Å². The number of morpholine rings is 1. The van der Waals surface area contributed by atoms with Crippen LogP contribution >= 0.6 is 0 Å². The molecule has 0 atom stereocenters. The summed E-state index contributed by atoms with van der Waals surface area (Å²) in [5, 5.41) is 5.70. The zero-order valence-electron chi connectivity index (χ0n) is 16.0. The number of aryl methyl sites for hydroxylation is 2. The van der Waals surface area contributed by atoms with Crippen LogP contribution in [0.5, 0.6) is 0 Å². The number of Topliss-reactive ketones (excluding diaryl/α,β-unsaturated/α-hetero) is 1. The first kappa shape index (κ1) is 17.9. The number of ketones is 1. The molecule has 1 aliphatic rings. The molecule has 0 unspecified atom stereocenters. The molecule has 3 heterocycles. The molecule has 0 saturated carbocycles. The van der Waals surface area contributed by atoms with E-state index in [0.717, 1.165) is 50.6 Å². The van der Waals surface area contributed by atoms with Crippen molar-refractivity contribution in [1.82, 2.24) is 19.2 Å². The molecule has 6 heteroatoms. The summed E-state index contributed by atoms with van der Waals surface area (Å²) in [7, 11) is 1.89. The molecule has 0 N–H and O–H groups in total. The number of carbonyl (C=O) groups excluding carboxylic acids is 1. The summed E-state index contributed by atoms with van der Waals surface area (Å²) in [5.74, 6) is 1.02. The van der Waals surface area contributed by atoms with Gasteiger partial charge in [0.05, 0.1) is 18.7 Å². The lowest BCUT2D eigenvalue weighted by Crippen LogP contribution is -2.36. The van der Waals surface area contributed by atoms with Crippen LogP contribution in [0.15, 0.2) is 36.5 Å². The van der Waals surface area contributed by atoms with Crippen molar-refractivity contribution in [2.45, 2.75) is 19.8 Å². The Labute approximate surface area is 159 Å². The molecule has 1 fully saturated rings. The van der Waals surface area contributed by atoms with Crippen LogP contribution in [-0.4, -0.2) is 57.9 Å². The molecule has 1 saturated heterocycles. The third kappa shape index (κ3) is 3.68. The van der Waals surface area contributed by atoms with Crippen LogP contribution in [0.4, 0.5) is 0 Å². The number of fused-ring (bicyclic) bond motifs is 1. The Morgan fingerprint density at radius 1 is 1.22 bits per heavy atom. The zero-order chi connectivity index (χ0) is 18.8. The molecule has 6 nitrogen and oxygen atoms in total. The van der Waals surface area contributed by atoms with Crippen LogP contribution in [0.3, 0.4) is 0 Å². The number of carbonyl (C=O) groups is 1. The van der Waals surface area contributed by atoms with Gasteiger partial charge in [0.15, 0.2) is 5.78 Å². The summed E-state index contributed by atoms with van der Waals surface area (Å²) >= 11 is 0. The van der Waals surface area contributed by atoms with Crippen LogP contribution in [0, 0.1) is 6.92 Å². The molecular weight excluding hydrogens is 340 g/mol. The number of hydrogen-bond acceptors (Lipinski definition) is 4. The normalized spacial score (nSPS) is 15.5. The van der Waals surface area contributed by atoms with Crippen molar-refractivity contribution >= 4 is 16.7 Å². The fourth-order valence-electron chi connectivity index (χ4n) is 3.77. The van der Waals surface area contributed by atoms with Gasteiger partial charge >= 0.3 is 0 Å². The van der Waals surface area contributed by atoms with Crippen molar-refractivity contribution in [1.29, 1.82) is 0 Å². The second-order valence-corrected chi connectivity index (χ2v) is 7.19. The van der Waals surface area contributed by atoms with Crippen molar-refractivity contribution < 1.29 is 9.53 Å². The van der Waals surface area contributed by atoms with E-state index < -0.39 is 0 Å². The average molecular weight is 366 g/mol. The first-order valence-corrected chi connectivity index (χ1v) is 9.58. The number of ether oxygens (including phenoxy) is 1. The first-order valence-electron chi connectivity index (χ1n) is 9.58. The summed E-state index contributed by atoms with van der Waals surface area (Å²) in [6, 6.07) is 10.2. The largest absolute Gasteiger partial charge is 0.379 e. The van der Waals surface area contributed by atoms with E-state index in [9.17, 15) is 4.79 Å². The number of benzene rings is 1. The predicted molar refractivity (Wildman–Crippen MR) is 106 cm³/mol. The standard InChI is InChI=1S/C21H26N4O2/c1-16-15-25(19-7-4-3-6-17(16)19)21-14-18(22-23(21)2)20(26)8-5-9-24-10-12-27-13-11-24/h3-4,6-7,14-15H,5,8-13H2,1-2H3. The highest BCUT2D eigenvalue weighted by molar-refractivity contribution is 5.95. The minimum Gasteiger partial charge on any atom is -0.379 e. The van der Waals surface area contributed by atoms with Crippen LogP contribution in [0.25, 0.3) is 16.7 Å². The van der Waals surface area contributed by atoms with Gasteiger partial charge in [-0.25, -0.2) is 0 Å². The van der Waals surface area contributed by atoms with Crippen LogP contribution < -0.4 is 0 Å². The molecule has 0 spiro atoms. The summed E-state index contributed by atoms with van der Waals surface area (Å²) in [5.41, 5.74) is 2.89. The van der Waals surface area contributed by atoms with Crippen molar-refractivity contribution in [2.24, 2.45) is 7.05 Å². The van der Waals surface area contributed by atoms with E-state index in [-0.39, 0.29) is 5.78 Å². The SMILES string of the molecule is Cc1cn(-c2cc(C(=O)CCCN3CCOCC3)nn2C)c2ccccc12. The van der Waals surface area contributed by atoms with E-state index in [2.05, 4.69) is 39.8 Å². The van der Waals surface area contributed by atoms with E-state index in [1.54, 1.807) is 4.68 Å². The molecule has 142 valence electrons. The van der Waals surface area contributed by atoms with Crippen LogP contribution in [0.2, 0.25) is 0 Å². The highest BCUT2D eigenvalue weighted by Gasteiger charge is 2.17. The Morgan fingerprint density at radius 3 is 2.81 bits per heavy atom. The predicted octanol–water partition coefficient (Wildman–Crippen LogP) is 2.97. The Bertz CT molecular complexity index is 950. The fraction of sp³-hybridized carbons (Fsp3) is 0.429. The molecule has 27 heavy (non-hydrogen) atoms. The van der Waals surface area contributed by atoms with Gasteiger partial charge in [-0.05, 0) is 31.5 Å². The molecule has 4 rings (SSSR count). The third-order valence-corrected chi connectivity index (χ3v) is 5.28. The lowest BCUT2D eigenvalue weighted by molar-refractivity contribution is 0.0371. The van der Waals surface area contributed by atoms with Gasteiger partial charge in [0.2, 0.25) is 0 Å². The summed E-state index contributed by atoms with van der Waals surface area (Å²) in [4.78, 5) is 15.0. The van der Waals surface area contributed by atoms with Gasteiger partial charge in [0.1, 0.15) is 11.5 Å². The number of rotatable bonds is 6. The molecule has 3 aromatic rings. The Balaban J connectivity index is 1.48. The van der Waals surface area contributed by atoms with E-state index >= 15 is 0 Å². The molecule has 0 radical (unpaired) electrons.